The molecular weight excluding hydrogens is 783 g/mol. The Morgan fingerprint density at radius 1 is 0.794 bits per heavy atom. The number of amides is 1. The van der Waals surface area contributed by atoms with Gasteiger partial charge in [-0.05, 0) is 152 Å². The van der Waals surface area contributed by atoms with E-state index in [0.29, 0.717) is 18.4 Å². The lowest BCUT2D eigenvalue weighted by atomic mass is 9.47. The van der Waals surface area contributed by atoms with Crippen LogP contribution in [0.4, 0.5) is 4.79 Å². The van der Waals surface area contributed by atoms with Crippen molar-refractivity contribution in [3.05, 3.63) is 107 Å². The first-order valence-corrected chi connectivity index (χ1v) is 24.7. The van der Waals surface area contributed by atoms with Crippen molar-refractivity contribution in [2.24, 2.45) is 46.3 Å². The Morgan fingerprint density at radius 3 is 2.11 bits per heavy atom. The van der Waals surface area contributed by atoms with E-state index in [1.165, 1.54) is 51.4 Å². The number of carbonyl (C=O) groups excluding carboxylic acids is 1. The van der Waals surface area contributed by atoms with Crippen LogP contribution in [0, 0.1) is 46.3 Å². The van der Waals surface area contributed by atoms with Crippen molar-refractivity contribution in [3.8, 4) is 11.5 Å². The fraction of sp³-hybridized carbons (Fsp3) is 0.625. The summed E-state index contributed by atoms with van der Waals surface area (Å²) in [4.78, 5) is 15.9. The van der Waals surface area contributed by atoms with Gasteiger partial charge in [-0.3, -0.25) is 0 Å². The molecular formula is C56H77NO6. The van der Waals surface area contributed by atoms with E-state index in [4.69, 9.17) is 18.9 Å². The van der Waals surface area contributed by atoms with Crippen molar-refractivity contribution in [3.63, 3.8) is 0 Å². The molecule has 4 aliphatic carbocycles. The molecule has 1 N–H and O–H groups in total. The van der Waals surface area contributed by atoms with E-state index in [1.54, 1.807) is 19.8 Å². The van der Waals surface area contributed by atoms with Crippen LogP contribution in [-0.2, 0) is 15.1 Å². The number of fused-ring (bicyclic) bond motifs is 5. The third-order valence-corrected chi connectivity index (χ3v) is 17.4. The topological polar surface area (TPSA) is 77.5 Å². The molecule has 342 valence electrons. The van der Waals surface area contributed by atoms with Gasteiger partial charge >= 0.3 is 6.09 Å². The van der Waals surface area contributed by atoms with Crippen LogP contribution >= 0.6 is 0 Å². The minimum absolute atomic E-state index is 0.119. The summed E-state index contributed by atoms with van der Waals surface area (Å²) >= 11 is 0. The number of aliphatic hydroxyl groups excluding tert-OH is 1. The summed E-state index contributed by atoms with van der Waals surface area (Å²) in [6.45, 7) is 13.4. The molecule has 0 spiro atoms. The largest absolute Gasteiger partial charge is 0.497 e. The summed E-state index contributed by atoms with van der Waals surface area (Å²) in [5, 5.41) is 11.8. The summed E-state index contributed by atoms with van der Waals surface area (Å²) in [5.41, 5.74) is 4.11. The van der Waals surface area contributed by atoms with E-state index >= 15 is 0 Å². The zero-order valence-corrected chi connectivity index (χ0v) is 39.5. The molecule has 1 saturated heterocycles. The number of nitrogens with zero attached hydrogens (tertiary/aromatic N) is 1. The second-order valence-electron chi connectivity index (χ2n) is 21.1. The molecule has 1 heterocycles. The van der Waals surface area contributed by atoms with Crippen LogP contribution in [0.3, 0.4) is 0 Å². The Balaban J connectivity index is 0.908. The van der Waals surface area contributed by atoms with Gasteiger partial charge in [0.15, 0.2) is 0 Å². The van der Waals surface area contributed by atoms with E-state index < -0.39 is 11.7 Å². The Bertz CT molecular complexity index is 1950. The second-order valence-corrected chi connectivity index (χ2v) is 21.1. The molecule has 7 nitrogen and oxygen atoms in total. The average Bonchev–Trinajstić information content (AvgIpc) is 3.94. The Kier molecular flexibility index (Phi) is 14.0. The number of hydrogen-bond acceptors (Lipinski definition) is 6. The maximum Gasteiger partial charge on any atom is 0.410 e. The van der Waals surface area contributed by atoms with Crippen LogP contribution in [0.15, 0.2) is 90.5 Å². The van der Waals surface area contributed by atoms with Crippen LogP contribution in [-0.4, -0.2) is 61.7 Å². The molecule has 4 fully saturated rings. The third-order valence-electron chi connectivity index (χ3n) is 17.4. The van der Waals surface area contributed by atoms with Crippen LogP contribution in [0.25, 0.3) is 0 Å². The van der Waals surface area contributed by atoms with Crippen molar-refractivity contribution < 1.29 is 28.8 Å². The molecule has 1 amide bonds. The van der Waals surface area contributed by atoms with Gasteiger partial charge in [-0.2, -0.15) is 0 Å². The van der Waals surface area contributed by atoms with Crippen LogP contribution in [0.2, 0.25) is 0 Å². The first-order valence-electron chi connectivity index (χ1n) is 24.7. The molecule has 0 aromatic heterocycles. The van der Waals surface area contributed by atoms with Gasteiger partial charge < -0.3 is 29.0 Å². The first-order chi connectivity index (χ1) is 30.4. The molecule has 63 heavy (non-hydrogen) atoms. The molecule has 5 unspecified atom stereocenters. The quantitative estimate of drug-likeness (QED) is 0.114. The Morgan fingerprint density at radius 2 is 1.46 bits per heavy atom. The monoisotopic (exact) mass is 860 g/mol. The van der Waals surface area contributed by atoms with Gasteiger partial charge in [-0.25, -0.2) is 4.79 Å². The second kappa shape index (κ2) is 19.3. The van der Waals surface area contributed by atoms with E-state index in [2.05, 4.69) is 52.8 Å². The number of carbonyl (C=O) groups is 1. The van der Waals surface area contributed by atoms with Crippen molar-refractivity contribution >= 4 is 6.09 Å². The lowest BCUT2D eigenvalue weighted by Gasteiger charge is -2.58. The lowest BCUT2D eigenvalue weighted by molar-refractivity contribution is -0.0604. The van der Waals surface area contributed by atoms with Crippen LogP contribution in [0.5, 0.6) is 11.5 Å². The number of benzene rings is 3. The van der Waals surface area contributed by atoms with E-state index in [9.17, 15) is 9.90 Å². The Hall–Kier alpha value is -3.81. The smallest absolute Gasteiger partial charge is 0.410 e. The maximum absolute atomic E-state index is 14.1. The summed E-state index contributed by atoms with van der Waals surface area (Å²) in [7, 11) is 3.33. The highest BCUT2D eigenvalue weighted by Gasteiger charge is 2.59. The number of hydrogen-bond donors (Lipinski definition) is 1. The van der Waals surface area contributed by atoms with Gasteiger partial charge in [0.2, 0.25) is 0 Å². The summed E-state index contributed by atoms with van der Waals surface area (Å²) in [6, 6.07) is 25.9. The highest BCUT2D eigenvalue weighted by Crippen LogP contribution is 2.67. The fourth-order valence-corrected chi connectivity index (χ4v) is 14.0. The first kappa shape index (κ1) is 45.7. The predicted molar refractivity (Wildman–Crippen MR) is 252 cm³/mol. The van der Waals surface area contributed by atoms with Crippen molar-refractivity contribution in [2.45, 2.75) is 148 Å². The molecule has 0 bridgehead atoms. The highest BCUT2D eigenvalue weighted by molar-refractivity contribution is 5.69. The van der Waals surface area contributed by atoms with Gasteiger partial charge in [-0.1, -0.05) is 120 Å². The zero-order chi connectivity index (χ0) is 44.4. The maximum atomic E-state index is 14.1. The molecule has 0 radical (unpaired) electrons. The van der Waals surface area contributed by atoms with Crippen molar-refractivity contribution in [1.82, 2.24) is 4.90 Å². The molecule has 1 aliphatic heterocycles. The van der Waals surface area contributed by atoms with Crippen molar-refractivity contribution in [1.29, 1.82) is 0 Å². The van der Waals surface area contributed by atoms with Gasteiger partial charge in [0, 0.05) is 13.0 Å². The van der Waals surface area contributed by atoms with Gasteiger partial charge in [0.1, 0.15) is 23.2 Å². The number of allylic oxidation sites excluding steroid dienone is 1. The van der Waals surface area contributed by atoms with Crippen LogP contribution < -0.4 is 9.47 Å². The lowest BCUT2D eigenvalue weighted by Crippen LogP contribution is -2.51. The van der Waals surface area contributed by atoms with E-state index in [-0.39, 0.29) is 30.3 Å². The summed E-state index contributed by atoms with van der Waals surface area (Å²) < 4.78 is 24.5. The van der Waals surface area contributed by atoms with Gasteiger partial charge in [0.05, 0.1) is 33.0 Å². The SMILES string of the molecule is COc1ccc(C(OCCC(O)C2CCCN2C(=O)O[C@@H]2CC[C@]3(C)C(=CCC4C3CC[C@]3(C)C4CC[C@H]3[C@@H](C)CCCC(C)C)C2)(c2ccccc2)c2ccc(OC)cc2)cc1. The highest BCUT2D eigenvalue weighted by atomic mass is 16.6. The van der Waals surface area contributed by atoms with Crippen LogP contribution in [0.1, 0.15) is 141 Å². The number of rotatable bonds is 16. The fourth-order valence-electron chi connectivity index (χ4n) is 14.0. The van der Waals surface area contributed by atoms with Crippen molar-refractivity contribution in [2.75, 3.05) is 27.4 Å². The number of methoxy groups -OCH3 is 2. The normalized spacial score (nSPS) is 30.2. The average molecular weight is 860 g/mol. The number of ether oxygens (including phenoxy) is 4. The van der Waals surface area contributed by atoms with Gasteiger partial charge in [0.25, 0.3) is 0 Å². The summed E-state index contributed by atoms with van der Waals surface area (Å²) in [6.07, 6.45) is 17.1. The number of likely N-dealkylation sites (tertiary alicyclic amines) is 1. The minimum Gasteiger partial charge on any atom is -0.497 e. The third kappa shape index (κ3) is 8.96. The van der Waals surface area contributed by atoms with Gasteiger partial charge in [-0.15, -0.1) is 0 Å². The minimum atomic E-state index is -0.973. The van der Waals surface area contributed by atoms with E-state index in [0.717, 1.165) is 95.8 Å². The molecule has 8 rings (SSSR count). The molecule has 10 atom stereocenters. The Labute approximate surface area is 379 Å². The summed E-state index contributed by atoms with van der Waals surface area (Å²) in [5.74, 6) is 6.37. The zero-order valence-electron chi connectivity index (χ0n) is 39.5. The molecule has 3 saturated carbocycles. The molecule has 3 aromatic carbocycles. The standard InChI is InChI=1S/C56H77NO6/c1-38(2)13-11-14-39(3)48-28-29-49-47-27-22-43-37-46(30-33-54(43,4)50(47)31-34-55(48,49)5)63-53(59)57-35-12-17-51(57)52(58)32-36-62-56(40-15-9-8-10-16-40,41-18-23-44(60-6)24-19-41)42-20-25-45(61-7)26-21-42/h8-10,15-16,18-26,38-39,46-52,58H,11-14,17,27-37H2,1-7H3/t39-,46+,47?,48-,49?,50?,51?,52?,54+,55-/m0/s1. The molecule has 5 aliphatic rings. The molecule has 3 aromatic rings. The van der Waals surface area contributed by atoms with E-state index in [1.807, 2.05) is 71.6 Å². The predicted octanol–water partition coefficient (Wildman–Crippen LogP) is 12.8. The number of aliphatic hydroxyl groups is 1. The molecule has 7 heteroatoms.